The van der Waals surface area contributed by atoms with Crippen molar-refractivity contribution in [3.63, 3.8) is 0 Å². The molecule has 0 amide bonds. The molecule has 2 N–H and O–H groups in total. The van der Waals surface area contributed by atoms with Gasteiger partial charge in [-0.1, -0.05) is 23.7 Å². The summed E-state index contributed by atoms with van der Waals surface area (Å²) in [6.07, 6.45) is 3.02. The van der Waals surface area contributed by atoms with Crippen molar-refractivity contribution in [3.8, 4) is 23.0 Å². The van der Waals surface area contributed by atoms with Crippen LogP contribution in [0.15, 0.2) is 64.6 Å². The fourth-order valence-corrected chi connectivity index (χ4v) is 2.77. The van der Waals surface area contributed by atoms with Gasteiger partial charge in [0, 0.05) is 28.6 Å². The van der Waals surface area contributed by atoms with Crippen molar-refractivity contribution in [2.24, 2.45) is 9.98 Å². The van der Waals surface area contributed by atoms with Crippen LogP contribution in [0.1, 0.15) is 11.1 Å². The molecule has 6 nitrogen and oxygen atoms in total. The zero-order chi connectivity index (χ0) is 20.8. The van der Waals surface area contributed by atoms with Crippen LogP contribution in [0.4, 0.5) is 11.4 Å². The average Bonchev–Trinajstić information content (AvgIpc) is 2.73. The van der Waals surface area contributed by atoms with E-state index < -0.39 is 0 Å². The van der Waals surface area contributed by atoms with Crippen LogP contribution in [0.2, 0.25) is 5.02 Å². The van der Waals surface area contributed by atoms with Crippen LogP contribution in [-0.2, 0) is 0 Å². The number of ether oxygens (including phenoxy) is 2. The maximum Gasteiger partial charge on any atom is 0.166 e. The van der Waals surface area contributed by atoms with Crippen molar-refractivity contribution in [1.29, 1.82) is 0 Å². The van der Waals surface area contributed by atoms with E-state index in [1.165, 1.54) is 26.6 Å². The Labute approximate surface area is 173 Å². The van der Waals surface area contributed by atoms with Crippen molar-refractivity contribution < 1.29 is 19.7 Å². The Morgan fingerprint density at radius 2 is 1.28 bits per heavy atom. The summed E-state index contributed by atoms with van der Waals surface area (Å²) in [4.78, 5) is 8.84. The summed E-state index contributed by atoms with van der Waals surface area (Å²) in [6, 6.07) is 15.3. The molecule has 148 valence electrons. The first-order valence-electron chi connectivity index (χ1n) is 8.63. The number of aromatic hydroxyl groups is 2. The minimum atomic E-state index is -0.00728. The molecule has 7 heteroatoms. The molecule has 0 aliphatic heterocycles. The van der Waals surface area contributed by atoms with E-state index in [0.717, 1.165) is 0 Å². The number of halogens is 1. The second-order valence-corrected chi connectivity index (χ2v) is 6.38. The van der Waals surface area contributed by atoms with Crippen molar-refractivity contribution in [2.75, 3.05) is 14.2 Å². The van der Waals surface area contributed by atoms with Crippen LogP contribution in [0.5, 0.6) is 23.0 Å². The second kappa shape index (κ2) is 9.12. The molecule has 0 heterocycles. The molecule has 0 aliphatic carbocycles. The van der Waals surface area contributed by atoms with E-state index in [2.05, 4.69) is 9.98 Å². The lowest BCUT2D eigenvalue weighted by Gasteiger charge is -2.06. The highest BCUT2D eigenvalue weighted by molar-refractivity contribution is 6.31. The minimum Gasteiger partial charge on any atom is -0.504 e. The van der Waals surface area contributed by atoms with E-state index in [1.807, 2.05) is 0 Å². The third kappa shape index (κ3) is 4.67. The Bertz CT molecular complexity index is 1080. The van der Waals surface area contributed by atoms with Gasteiger partial charge in [-0.3, -0.25) is 9.98 Å². The predicted molar refractivity (Wildman–Crippen MR) is 115 cm³/mol. The molecule has 0 bridgehead atoms. The van der Waals surface area contributed by atoms with Gasteiger partial charge in [-0.2, -0.15) is 0 Å². The number of rotatable bonds is 6. The summed E-state index contributed by atoms with van der Waals surface area (Å²) in [7, 11) is 2.96. The highest BCUT2D eigenvalue weighted by Crippen LogP contribution is 2.34. The summed E-state index contributed by atoms with van der Waals surface area (Å²) in [5, 5.41) is 20.9. The van der Waals surface area contributed by atoms with Gasteiger partial charge >= 0.3 is 0 Å². The van der Waals surface area contributed by atoms with E-state index in [9.17, 15) is 10.2 Å². The van der Waals surface area contributed by atoms with Gasteiger partial charge in [0.25, 0.3) is 0 Å². The molecular weight excluding hydrogens is 392 g/mol. The number of para-hydroxylation sites is 2. The Morgan fingerprint density at radius 3 is 1.79 bits per heavy atom. The van der Waals surface area contributed by atoms with Crippen molar-refractivity contribution in [2.45, 2.75) is 0 Å². The monoisotopic (exact) mass is 410 g/mol. The zero-order valence-electron chi connectivity index (χ0n) is 15.8. The van der Waals surface area contributed by atoms with Gasteiger partial charge in [-0.25, -0.2) is 0 Å². The molecule has 29 heavy (non-hydrogen) atoms. The number of hydrogen-bond donors (Lipinski definition) is 2. The highest BCUT2D eigenvalue weighted by atomic mass is 35.5. The molecule has 3 aromatic rings. The average molecular weight is 411 g/mol. The quantitative estimate of drug-likeness (QED) is 0.542. The Morgan fingerprint density at radius 1 is 0.759 bits per heavy atom. The molecular formula is C22H19ClN2O4. The van der Waals surface area contributed by atoms with E-state index in [1.54, 1.807) is 54.6 Å². The molecule has 3 rings (SSSR count). The first-order valence-corrected chi connectivity index (χ1v) is 9.01. The minimum absolute atomic E-state index is 0.000863. The fraction of sp³-hybridized carbons (Fsp3) is 0.0909. The predicted octanol–water partition coefficient (Wildman–Crippen LogP) is 5.27. The van der Waals surface area contributed by atoms with Crippen LogP contribution < -0.4 is 9.47 Å². The van der Waals surface area contributed by atoms with Crippen LogP contribution in [0.3, 0.4) is 0 Å². The standard InChI is InChI=1S/C22H19ClN2O4/c1-28-19-7-3-5-14(21(19)26)12-24-17-10-9-16(23)11-18(17)25-13-15-6-4-8-20(29-2)22(15)27/h3-13,26-27H,1-2H3. The summed E-state index contributed by atoms with van der Waals surface area (Å²) >= 11 is 6.11. The first-order chi connectivity index (χ1) is 14.0. The number of hydrogen-bond acceptors (Lipinski definition) is 6. The SMILES string of the molecule is COc1cccc(C=Nc2ccc(Cl)cc2N=Cc2cccc(OC)c2O)c1O. The van der Waals surface area contributed by atoms with E-state index in [0.29, 0.717) is 39.0 Å². The number of aliphatic imine (C=N–C) groups is 2. The molecule has 0 unspecified atom stereocenters. The zero-order valence-corrected chi connectivity index (χ0v) is 16.6. The lowest BCUT2D eigenvalue weighted by molar-refractivity contribution is 0.373. The molecule has 3 aromatic carbocycles. The van der Waals surface area contributed by atoms with Crippen molar-refractivity contribution in [3.05, 3.63) is 70.7 Å². The maximum atomic E-state index is 10.2. The summed E-state index contributed by atoms with van der Waals surface area (Å²) in [5.74, 6) is 0.704. The summed E-state index contributed by atoms with van der Waals surface area (Å²) < 4.78 is 10.2. The van der Waals surface area contributed by atoms with Crippen LogP contribution >= 0.6 is 11.6 Å². The molecule has 0 aromatic heterocycles. The van der Waals surface area contributed by atoms with Gasteiger partial charge in [-0.15, -0.1) is 0 Å². The van der Waals surface area contributed by atoms with Gasteiger partial charge in [-0.05, 0) is 42.5 Å². The third-order valence-electron chi connectivity index (χ3n) is 4.12. The van der Waals surface area contributed by atoms with Crippen LogP contribution in [0.25, 0.3) is 0 Å². The van der Waals surface area contributed by atoms with E-state index in [4.69, 9.17) is 21.1 Å². The molecule has 0 radical (unpaired) electrons. The first kappa shape index (κ1) is 20.2. The van der Waals surface area contributed by atoms with E-state index in [-0.39, 0.29) is 11.5 Å². The lowest BCUT2D eigenvalue weighted by Crippen LogP contribution is -1.88. The molecule has 0 aliphatic rings. The molecule has 0 saturated heterocycles. The maximum absolute atomic E-state index is 10.2. The van der Waals surface area contributed by atoms with Crippen LogP contribution in [-0.4, -0.2) is 36.9 Å². The number of phenolic OH excluding ortho intramolecular Hbond substituents is 2. The molecule has 0 fully saturated rings. The van der Waals surface area contributed by atoms with Gasteiger partial charge < -0.3 is 19.7 Å². The number of phenols is 2. The van der Waals surface area contributed by atoms with Gasteiger partial charge in [0.1, 0.15) is 0 Å². The number of nitrogens with zero attached hydrogens (tertiary/aromatic N) is 2. The lowest BCUT2D eigenvalue weighted by atomic mass is 10.2. The van der Waals surface area contributed by atoms with Crippen LogP contribution in [0, 0.1) is 0 Å². The third-order valence-corrected chi connectivity index (χ3v) is 4.36. The fourth-order valence-electron chi connectivity index (χ4n) is 2.60. The Balaban J connectivity index is 1.95. The number of methoxy groups -OCH3 is 2. The number of benzene rings is 3. The van der Waals surface area contributed by atoms with Crippen molar-refractivity contribution in [1.82, 2.24) is 0 Å². The topological polar surface area (TPSA) is 83.6 Å². The Hall–Kier alpha value is -3.51. The molecule has 0 spiro atoms. The van der Waals surface area contributed by atoms with Gasteiger partial charge in [0.2, 0.25) is 0 Å². The largest absolute Gasteiger partial charge is 0.504 e. The highest BCUT2D eigenvalue weighted by Gasteiger charge is 2.08. The second-order valence-electron chi connectivity index (χ2n) is 5.95. The molecule has 0 atom stereocenters. The van der Waals surface area contributed by atoms with E-state index >= 15 is 0 Å². The molecule has 0 saturated carbocycles. The summed E-state index contributed by atoms with van der Waals surface area (Å²) in [5.41, 5.74) is 2.03. The summed E-state index contributed by atoms with van der Waals surface area (Å²) in [6.45, 7) is 0. The van der Waals surface area contributed by atoms with Gasteiger partial charge in [0.15, 0.2) is 23.0 Å². The van der Waals surface area contributed by atoms with Crippen molar-refractivity contribution >= 4 is 35.4 Å². The van der Waals surface area contributed by atoms with Gasteiger partial charge in [0.05, 0.1) is 25.6 Å². The Kier molecular flexibility index (Phi) is 6.36. The normalized spacial score (nSPS) is 11.3. The smallest absolute Gasteiger partial charge is 0.166 e.